The van der Waals surface area contributed by atoms with Crippen LogP contribution in [-0.2, 0) is 11.0 Å². The number of benzene rings is 2. The van der Waals surface area contributed by atoms with Gasteiger partial charge in [0, 0.05) is 11.1 Å². The Hall–Kier alpha value is -3.33. The zero-order chi connectivity index (χ0) is 22.2. The molecule has 0 saturated heterocycles. The molecule has 2 aromatic carbocycles. The molecule has 30 heavy (non-hydrogen) atoms. The van der Waals surface area contributed by atoms with Crippen molar-refractivity contribution in [2.75, 3.05) is 6.61 Å². The normalized spacial score (nSPS) is 12.4. The van der Waals surface area contributed by atoms with Crippen molar-refractivity contribution in [3.63, 3.8) is 0 Å². The monoisotopic (exact) mass is 419 g/mol. The average Bonchev–Trinajstić information content (AvgIpc) is 2.95. The highest BCUT2D eigenvalue weighted by Crippen LogP contribution is 2.39. The molecule has 1 heterocycles. The lowest BCUT2D eigenvalue weighted by molar-refractivity contribution is -0.137. The molecule has 0 saturated carbocycles. The first-order chi connectivity index (χ1) is 14.0. The minimum absolute atomic E-state index is 0.144. The second-order valence-electron chi connectivity index (χ2n) is 7.00. The molecule has 3 aromatic rings. The number of halogens is 3. The molecule has 3 N–H and O–H groups in total. The predicted octanol–water partition coefficient (Wildman–Crippen LogP) is 3.80. The van der Waals surface area contributed by atoms with Crippen LogP contribution in [0.25, 0.3) is 16.6 Å². The molecule has 0 spiro atoms. The number of nitrogens with one attached hydrogen (secondary N) is 1. The largest absolute Gasteiger partial charge is 0.494 e. The van der Waals surface area contributed by atoms with Gasteiger partial charge in [0.05, 0.1) is 22.4 Å². The molecular formula is C21H20F3N3O3. The lowest BCUT2D eigenvalue weighted by Gasteiger charge is -2.11. The molecule has 0 atom stereocenters. The molecule has 9 heteroatoms. The van der Waals surface area contributed by atoms with Gasteiger partial charge in [-0.3, -0.25) is 9.36 Å². The number of nitrogens with zero attached hydrogens (tertiary/aromatic N) is 2. The first kappa shape index (κ1) is 21.4. The van der Waals surface area contributed by atoms with Gasteiger partial charge in [0.2, 0.25) is 5.88 Å². The van der Waals surface area contributed by atoms with Crippen LogP contribution in [0.2, 0.25) is 0 Å². The molecule has 158 valence electrons. The minimum Gasteiger partial charge on any atom is -0.494 e. The van der Waals surface area contributed by atoms with Crippen LogP contribution in [0.1, 0.15) is 29.2 Å². The average molecular weight is 419 g/mol. The van der Waals surface area contributed by atoms with Gasteiger partial charge in [0.1, 0.15) is 6.61 Å². The topological polar surface area (TPSA) is 86.8 Å². The van der Waals surface area contributed by atoms with Crippen LogP contribution >= 0.6 is 0 Å². The van der Waals surface area contributed by atoms with E-state index in [1.54, 1.807) is 12.1 Å². The van der Waals surface area contributed by atoms with Gasteiger partial charge in [-0.1, -0.05) is 12.1 Å². The van der Waals surface area contributed by atoms with Gasteiger partial charge in [-0.25, -0.2) is 5.43 Å². The van der Waals surface area contributed by atoms with Crippen LogP contribution in [0.5, 0.6) is 5.88 Å². The standard InChI is InChI=1S/C21H20F3N3O3/c1-11-6-12(2)8-15(7-11)27-17-9-14(21(22,23)24)4-5-16(17)19(20(27)30)13(3)25-26-18(29)10-28/h4-9,28,30H,10H2,1-3H3,(H,26,29)/b25-13-. The summed E-state index contributed by atoms with van der Waals surface area (Å²) >= 11 is 0. The number of alkyl halides is 3. The molecule has 0 unspecified atom stereocenters. The van der Waals surface area contributed by atoms with E-state index in [2.05, 4.69) is 10.5 Å². The van der Waals surface area contributed by atoms with Crippen molar-refractivity contribution in [2.45, 2.75) is 26.9 Å². The van der Waals surface area contributed by atoms with Gasteiger partial charge < -0.3 is 10.2 Å². The summed E-state index contributed by atoms with van der Waals surface area (Å²) in [6.45, 7) is 4.41. The number of aliphatic hydroxyl groups is 1. The molecule has 6 nitrogen and oxygen atoms in total. The first-order valence-corrected chi connectivity index (χ1v) is 9.00. The van der Waals surface area contributed by atoms with Crippen LogP contribution < -0.4 is 5.43 Å². The van der Waals surface area contributed by atoms with Crippen molar-refractivity contribution in [1.82, 2.24) is 9.99 Å². The van der Waals surface area contributed by atoms with Crippen LogP contribution in [0.3, 0.4) is 0 Å². The number of aromatic nitrogens is 1. The van der Waals surface area contributed by atoms with Crippen LogP contribution in [0.15, 0.2) is 41.5 Å². The highest BCUT2D eigenvalue weighted by atomic mass is 19.4. The number of hydrogen-bond acceptors (Lipinski definition) is 4. The summed E-state index contributed by atoms with van der Waals surface area (Å²) < 4.78 is 41.3. The second-order valence-corrected chi connectivity index (χ2v) is 7.00. The van der Waals surface area contributed by atoms with Crippen LogP contribution in [0.4, 0.5) is 13.2 Å². The van der Waals surface area contributed by atoms with Crippen molar-refractivity contribution < 1.29 is 28.2 Å². The third kappa shape index (κ3) is 4.02. The predicted molar refractivity (Wildman–Crippen MR) is 107 cm³/mol. The smallest absolute Gasteiger partial charge is 0.416 e. The lowest BCUT2D eigenvalue weighted by atomic mass is 10.1. The molecule has 0 aliphatic rings. The molecule has 0 aliphatic carbocycles. The Bertz CT molecular complexity index is 1140. The van der Waals surface area contributed by atoms with Crippen LogP contribution in [0, 0.1) is 13.8 Å². The molecule has 0 bridgehead atoms. The van der Waals surface area contributed by atoms with Crippen LogP contribution in [-0.4, -0.2) is 33.0 Å². The number of hydrazone groups is 1. The number of fused-ring (bicyclic) bond motifs is 1. The highest BCUT2D eigenvalue weighted by Gasteiger charge is 2.32. The molecular weight excluding hydrogens is 399 g/mol. The first-order valence-electron chi connectivity index (χ1n) is 9.00. The van der Waals surface area contributed by atoms with E-state index in [1.807, 2.05) is 19.9 Å². The van der Waals surface area contributed by atoms with E-state index >= 15 is 0 Å². The third-order valence-electron chi connectivity index (χ3n) is 4.59. The number of amides is 1. The maximum absolute atomic E-state index is 13.3. The Balaban J connectivity index is 2.33. The van der Waals surface area contributed by atoms with E-state index in [9.17, 15) is 23.1 Å². The van der Waals surface area contributed by atoms with Gasteiger partial charge >= 0.3 is 6.18 Å². The summed E-state index contributed by atoms with van der Waals surface area (Å²) in [5.41, 5.74) is 4.00. The Morgan fingerprint density at radius 3 is 2.33 bits per heavy atom. The zero-order valence-electron chi connectivity index (χ0n) is 16.5. The van der Waals surface area contributed by atoms with Crippen molar-refractivity contribution in [1.29, 1.82) is 0 Å². The molecule has 0 aliphatic heterocycles. The highest BCUT2D eigenvalue weighted by molar-refractivity contribution is 6.13. The van der Waals surface area contributed by atoms with Gasteiger partial charge in [0.15, 0.2) is 0 Å². The Kier molecular flexibility index (Phi) is 5.58. The summed E-state index contributed by atoms with van der Waals surface area (Å²) in [5.74, 6) is -1.07. The maximum Gasteiger partial charge on any atom is 0.416 e. The number of carbonyl (C=O) groups is 1. The number of hydrogen-bond donors (Lipinski definition) is 3. The maximum atomic E-state index is 13.3. The number of aryl methyl sites for hydroxylation is 2. The third-order valence-corrected chi connectivity index (χ3v) is 4.59. The van der Waals surface area contributed by atoms with Gasteiger partial charge in [0.25, 0.3) is 5.91 Å². The van der Waals surface area contributed by atoms with Crippen molar-refractivity contribution >= 4 is 22.5 Å². The summed E-state index contributed by atoms with van der Waals surface area (Å²) in [5, 5.41) is 24.0. The molecule has 0 radical (unpaired) electrons. The number of carbonyl (C=O) groups excluding carboxylic acids is 1. The Morgan fingerprint density at radius 1 is 1.13 bits per heavy atom. The molecule has 0 fully saturated rings. The number of aliphatic hydroxyl groups excluding tert-OH is 1. The fraction of sp³-hybridized carbons (Fsp3) is 0.238. The SMILES string of the molecule is C/C(=N/NC(=O)CO)c1c(O)n(-c2cc(C)cc(C)c2)c2cc(C(F)(F)F)ccc12. The molecule has 1 amide bonds. The summed E-state index contributed by atoms with van der Waals surface area (Å²) in [7, 11) is 0. The Morgan fingerprint density at radius 2 is 1.77 bits per heavy atom. The van der Waals surface area contributed by atoms with Crippen molar-refractivity contribution in [3.05, 3.63) is 58.7 Å². The lowest BCUT2D eigenvalue weighted by Crippen LogP contribution is -2.22. The number of aromatic hydroxyl groups is 1. The summed E-state index contributed by atoms with van der Waals surface area (Å²) in [4.78, 5) is 11.3. The summed E-state index contributed by atoms with van der Waals surface area (Å²) in [6.07, 6.45) is -4.56. The quantitative estimate of drug-likeness (QED) is 0.444. The Labute approximate surface area is 170 Å². The zero-order valence-corrected chi connectivity index (χ0v) is 16.5. The minimum atomic E-state index is -4.56. The molecule has 3 rings (SSSR count). The van der Waals surface area contributed by atoms with Gasteiger partial charge in [-0.2, -0.15) is 18.3 Å². The number of rotatable bonds is 4. The molecule has 1 aromatic heterocycles. The van der Waals surface area contributed by atoms with Crippen molar-refractivity contribution in [2.24, 2.45) is 5.10 Å². The van der Waals surface area contributed by atoms with E-state index < -0.39 is 24.3 Å². The van der Waals surface area contributed by atoms with E-state index in [1.165, 1.54) is 17.6 Å². The van der Waals surface area contributed by atoms with E-state index in [-0.39, 0.29) is 22.7 Å². The fourth-order valence-corrected chi connectivity index (χ4v) is 3.39. The van der Waals surface area contributed by atoms with E-state index in [0.29, 0.717) is 11.1 Å². The van der Waals surface area contributed by atoms with Gasteiger partial charge in [-0.15, -0.1) is 0 Å². The second kappa shape index (κ2) is 7.83. The summed E-state index contributed by atoms with van der Waals surface area (Å²) in [6, 6.07) is 8.56. The van der Waals surface area contributed by atoms with E-state index in [0.717, 1.165) is 23.3 Å². The van der Waals surface area contributed by atoms with Crippen molar-refractivity contribution in [3.8, 4) is 11.6 Å². The van der Waals surface area contributed by atoms with E-state index in [4.69, 9.17) is 5.11 Å². The fourth-order valence-electron chi connectivity index (χ4n) is 3.39. The van der Waals surface area contributed by atoms with Gasteiger partial charge in [-0.05, 0) is 56.2 Å².